The second kappa shape index (κ2) is 6.36. The Bertz CT molecular complexity index is 363. The van der Waals surface area contributed by atoms with Crippen LogP contribution in [0.25, 0.3) is 0 Å². The Balaban J connectivity index is 2.59. The molecule has 0 saturated carbocycles. The van der Waals surface area contributed by atoms with Gasteiger partial charge >= 0.3 is 0 Å². The van der Waals surface area contributed by atoms with Gasteiger partial charge in [-0.15, -0.1) is 0 Å². The molecule has 0 saturated heterocycles. The van der Waals surface area contributed by atoms with Gasteiger partial charge in [-0.1, -0.05) is 43.9 Å². The highest BCUT2D eigenvalue weighted by Gasteiger charge is 2.20. The third-order valence-electron chi connectivity index (χ3n) is 2.89. The molecule has 0 aliphatic carbocycles. The summed E-state index contributed by atoms with van der Waals surface area (Å²) >= 11 is 5.62. The number of benzene rings is 1. The maximum absolute atomic E-state index is 13.2. The predicted octanol–water partition coefficient (Wildman–Crippen LogP) is 4.35. The van der Waals surface area contributed by atoms with Gasteiger partial charge in [0.2, 0.25) is 0 Å². The Morgan fingerprint density at radius 3 is 2.65 bits per heavy atom. The highest BCUT2D eigenvalue weighted by molar-refractivity contribution is 6.30. The van der Waals surface area contributed by atoms with E-state index in [0.29, 0.717) is 6.42 Å². The van der Waals surface area contributed by atoms with Crippen LogP contribution in [0.15, 0.2) is 18.2 Å². The molecule has 0 radical (unpaired) electrons. The van der Waals surface area contributed by atoms with E-state index < -0.39 is 11.4 Å². The van der Waals surface area contributed by atoms with Crippen molar-refractivity contribution in [2.45, 2.75) is 51.6 Å². The van der Waals surface area contributed by atoms with E-state index >= 15 is 0 Å². The molecule has 1 aromatic carbocycles. The van der Waals surface area contributed by atoms with E-state index in [1.165, 1.54) is 12.1 Å². The Hall–Kier alpha value is -0.600. The van der Waals surface area contributed by atoms with E-state index in [2.05, 4.69) is 6.92 Å². The summed E-state index contributed by atoms with van der Waals surface area (Å²) < 4.78 is 13.2. The fourth-order valence-electron chi connectivity index (χ4n) is 1.93. The van der Waals surface area contributed by atoms with Crippen molar-refractivity contribution in [3.63, 3.8) is 0 Å². The summed E-state index contributed by atoms with van der Waals surface area (Å²) in [5.41, 5.74) is 0.0171. The van der Waals surface area contributed by atoms with Gasteiger partial charge in [-0.05, 0) is 31.0 Å². The molecule has 0 aromatic heterocycles. The van der Waals surface area contributed by atoms with E-state index in [-0.39, 0.29) is 5.02 Å². The Morgan fingerprint density at radius 2 is 2.06 bits per heavy atom. The Morgan fingerprint density at radius 1 is 1.35 bits per heavy atom. The average molecular weight is 259 g/mol. The van der Waals surface area contributed by atoms with Crippen LogP contribution in [-0.4, -0.2) is 10.7 Å². The van der Waals surface area contributed by atoms with Gasteiger partial charge in [0, 0.05) is 6.42 Å². The lowest BCUT2D eigenvalue weighted by Crippen LogP contribution is -2.27. The van der Waals surface area contributed by atoms with Crippen molar-refractivity contribution in [1.82, 2.24) is 0 Å². The van der Waals surface area contributed by atoms with Crippen LogP contribution in [0.2, 0.25) is 5.02 Å². The second-order valence-corrected chi connectivity index (χ2v) is 5.29. The number of unbranched alkanes of at least 4 members (excludes halogenated alkanes) is 2. The number of hydrogen-bond donors (Lipinski definition) is 1. The van der Waals surface area contributed by atoms with Crippen LogP contribution in [0.5, 0.6) is 0 Å². The summed E-state index contributed by atoms with van der Waals surface area (Å²) in [7, 11) is 0. The van der Waals surface area contributed by atoms with Crippen molar-refractivity contribution in [1.29, 1.82) is 0 Å². The third-order valence-corrected chi connectivity index (χ3v) is 3.19. The molecular formula is C14H20ClFO. The fourth-order valence-corrected chi connectivity index (χ4v) is 2.05. The first-order chi connectivity index (χ1) is 7.94. The van der Waals surface area contributed by atoms with Gasteiger partial charge < -0.3 is 5.11 Å². The lowest BCUT2D eigenvalue weighted by molar-refractivity contribution is 0.0485. The number of halogens is 2. The minimum absolute atomic E-state index is 0.124. The van der Waals surface area contributed by atoms with Crippen molar-refractivity contribution in [2.75, 3.05) is 0 Å². The number of hydrogen-bond acceptors (Lipinski definition) is 1. The molecule has 0 bridgehead atoms. The zero-order chi connectivity index (χ0) is 12.9. The van der Waals surface area contributed by atoms with Gasteiger partial charge in [-0.3, -0.25) is 0 Å². The second-order valence-electron chi connectivity index (χ2n) is 4.88. The molecule has 0 spiro atoms. The van der Waals surface area contributed by atoms with Crippen molar-refractivity contribution < 1.29 is 9.50 Å². The van der Waals surface area contributed by atoms with E-state index in [9.17, 15) is 9.50 Å². The topological polar surface area (TPSA) is 20.2 Å². The van der Waals surface area contributed by atoms with Crippen LogP contribution in [0.4, 0.5) is 4.39 Å². The maximum atomic E-state index is 13.2. The van der Waals surface area contributed by atoms with Crippen LogP contribution >= 0.6 is 11.6 Å². The highest BCUT2D eigenvalue weighted by atomic mass is 35.5. The molecule has 1 rings (SSSR count). The van der Waals surface area contributed by atoms with Gasteiger partial charge in [0.25, 0.3) is 0 Å². The van der Waals surface area contributed by atoms with Crippen LogP contribution < -0.4 is 0 Å². The van der Waals surface area contributed by atoms with Crippen molar-refractivity contribution >= 4 is 11.6 Å². The molecule has 1 nitrogen and oxygen atoms in total. The monoisotopic (exact) mass is 258 g/mol. The maximum Gasteiger partial charge on any atom is 0.142 e. The summed E-state index contributed by atoms with van der Waals surface area (Å²) in [4.78, 5) is 0. The molecule has 17 heavy (non-hydrogen) atoms. The molecule has 0 aliphatic heterocycles. The fraction of sp³-hybridized carbons (Fsp3) is 0.571. The largest absolute Gasteiger partial charge is 0.390 e. The van der Waals surface area contributed by atoms with Crippen LogP contribution in [0, 0.1) is 5.82 Å². The molecule has 0 amide bonds. The smallest absolute Gasteiger partial charge is 0.142 e. The van der Waals surface area contributed by atoms with Crippen LogP contribution in [0.1, 0.15) is 45.1 Å². The molecule has 0 heterocycles. The van der Waals surface area contributed by atoms with Crippen LogP contribution in [-0.2, 0) is 6.42 Å². The highest BCUT2D eigenvalue weighted by Crippen LogP contribution is 2.22. The molecule has 0 fully saturated rings. The molecular weight excluding hydrogens is 239 g/mol. The molecule has 3 heteroatoms. The SMILES string of the molecule is CCCCCC(C)(O)Cc1ccc(Cl)c(F)c1. The summed E-state index contributed by atoms with van der Waals surface area (Å²) in [5, 5.41) is 10.3. The van der Waals surface area contributed by atoms with Gasteiger partial charge in [0.15, 0.2) is 0 Å². The molecule has 1 unspecified atom stereocenters. The molecule has 0 aliphatic rings. The first kappa shape index (κ1) is 14.5. The lowest BCUT2D eigenvalue weighted by Gasteiger charge is -2.23. The van der Waals surface area contributed by atoms with E-state index in [4.69, 9.17) is 11.6 Å². The van der Waals surface area contributed by atoms with Crippen molar-refractivity contribution in [3.05, 3.63) is 34.6 Å². The van der Waals surface area contributed by atoms with E-state index in [1.807, 2.05) is 0 Å². The Labute approximate surface area is 108 Å². The summed E-state index contributed by atoms with van der Waals surface area (Å²) in [6.07, 6.45) is 4.45. The summed E-state index contributed by atoms with van der Waals surface area (Å²) in [6.45, 7) is 3.93. The third kappa shape index (κ3) is 5.05. The van der Waals surface area contributed by atoms with Gasteiger partial charge in [0.1, 0.15) is 5.82 Å². The zero-order valence-electron chi connectivity index (χ0n) is 10.5. The standard InChI is InChI=1S/C14H20ClFO/c1-3-4-5-8-14(2,17)10-11-6-7-12(15)13(16)9-11/h6-7,9,17H,3-5,8,10H2,1-2H3. The molecule has 1 N–H and O–H groups in total. The minimum Gasteiger partial charge on any atom is -0.390 e. The van der Waals surface area contributed by atoms with Crippen molar-refractivity contribution in [2.24, 2.45) is 0 Å². The molecule has 1 atom stereocenters. The van der Waals surface area contributed by atoms with E-state index in [0.717, 1.165) is 31.2 Å². The van der Waals surface area contributed by atoms with Gasteiger partial charge in [-0.2, -0.15) is 0 Å². The first-order valence-corrected chi connectivity index (χ1v) is 6.49. The molecule has 96 valence electrons. The Kier molecular flexibility index (Phi) is 5.41. The number of rotatable bonds is 6. The zero-order valence-corrected chi connectivity index (χ0v) is 11.2. The predicted molar refractivity (Wildman–Crippen MR) is 69.9 cm³/mol. The first-order valence-electron chi connectivity index (χ1n) is 6.11. The lowest BCUT2D eigenvalue weighted by atomic mass is 9.91. The summed E-state index contributed by atoms with van der Waals surface area (Å²) in [5.74, 6) is -0.423. The quantitative estimate of drug-likeness (QED) is 0.752. The van der Waals surface area contributed by atoms with Crippen molar-refractivity contribution in [3.8, 4) is 0 Å². The number of aliphatic hydroxyl groups is 1. The molecule has 1 aromatic rings. The van der Waals surface area contributed by atoms with Gasteiger partial charge in [-0.25, -0.2) is 4.39 Å². The van der Waals surface area contributed by atoms with Crippen LogP contribution in [0.3, 0.4) is 0 Å². The summed E-state index contributed by atoms with van der Waals surface area (Å²) in [6, 6.07) is 4.70. The van der Waals surface area contributed by atoms with E-state index in [1.54, 1.807) is 13.0 Å². The normalized spacial score (nSPS) is 14.6. The van der Waals surface area contributed by atoms with Gasteiger partial charge in [0.05, 0.1) is 10.6 Å². The average Bonchev–Trinajstić information content (AvgIpc) is 2.23. The minimum atomic E-state index is -0.768.